The highest BCUT2D eigenvalue weighted by Gasteiger charge is 2.39. The first-order valence-corrected chi connectivity index (χ1v) is 8.22. The summed E-state index contributed by atoms with van der Waals surface area (Å²) < 4.78 is 41.6. The maximum atomic E-state index is 12.7. The third kappa shape index (κ3) is 5.43. The van der Waals surface area contributed by atoms with Crippen molar-refractivity contribution in [1.82, 2.24) is 10.6 Å². The fraction of sp³-hybridized carbons (Fsp3) is 0.529. The molecule has 26 heavy (non-hydrogen) atoms. The number of halogens is 3. The van der Waals surface area contributed by atoms with Gasteiger partial charge in [-0.05, 0) is 50.2 Å². The fourth-order valence-electron chi connectivity index (χ4n) is 2.87. The predicted molar refractivity (Wildman–Crippen MR) is 89.9 cm³/mol. The number of nitrogens with one attached hydrogen (secondary N) is 3. The first kappa shape index (κ1) is 20.2. The van der Waals surface area contributed by atoms with Crippen molar-refractivity contribution in [2.24, 2.45) is 5.41 Å². The number of piperidine rings is 1. The van der Waals surface area contributed by atoms with Crippen molar-refractivity contribution in [1.29, 1.82) is 0 Å². The molecule has 144 valence electrons. The number of anilines is 1. The molecule has 1 saturated heterocycles. The van der Waals surface area contributed by atoms with Crippen molar-refractivity contribution >= 4 is 17.5 Å². The van der Waals surface area contributed by atoms with Crippen LogP contribution in [0.25, 0.3) is 0 Å². The number of hydrogen-bond acceptors (Lipinski definition) is 4. The van der Waals surface area contributed by atoms with Crippen LogP contribution in [0.2, 0.25) is 0 Å². The van der Waals surface area contributed by atoms with E-state index in [4.69, 9.17) is 4.74 Å². The average Bonchev–Trinajstić information content (AvgIpc) is 2.60. The van der Waals surface area contributed by atoms with Gasteiger partial charge in [-0.2, -0.15) is 13.2 Å². The van der Waals surface area contributed by atoms with E-state index in [1.165, 1.54) is 24.3 Å². The van der Waals surface area contributed by atoms with Gasteiger partial charge in [-0.3, -0.25) is 9.59 Å². The van der Waals surface area contributed by atoms with E-state index in [2.05, 4.69) is 10.6 Å². The summed E-state index contributed by atoms with van der Waals surface area (Å²) in [4.78, 5) is 24.4. The molecule has 0 spiro atoms. The smallest absolute Gasteiger partial charge is 0.384 e. The molecule has 0 aliphatic carbocycles. The quantitative estimate of drug-likeness (QED) is 0.712. The van der Waals surface area contributed by atoms with Crippen LogP contribution in [0.3, 0.4) is 0 Å². The third-order valence-corrected chi connectivity index (χ3v) is 4.32. The Morgan fingerprint density at radius 3 is 2.35 bits per heavy atom. The Kier molecular flexibility index (Phi) is 6.60. The first-order valence-electron chi connectivity index (χ1n) is 8.22. The van der Waals surface area contributed by atoms with Crippen LogP contribution in [0.4, 0.5) is 18.9 Å². The Labute approximate surface area is 149 Å². The van der Waals surface area contributed by atoms with Crippen molar-refractivity contribution in [3.8, 4) is 0 Å². The number of carbonyl (C=O) groups excluding carboxylic acids is 2. The molecular formula is C17H22F3N3O3. The van der Waals surface area contributed by atoms with Gasteiger partial charge in [-0.1, -0.05) is 0 Å². The third-order valence-electron chi connectivity index (χ3n) is 4.32. The van der Waals surface area contributed by atoms with Gasteiger partial charge in [0.05, 0.1) is 12.0 Å². The lowest BCUT2D eigenvalue weighted by Crippen LogP contribution is -2.47. The predicted octanol–water partition coefficient (Wildman–Crippen LogP) is 1.93. The number of hydrogen-bond donors (Lipinski definition) is 3. The lowest BCUT2D eigenvalue weighted by atomic mass is 9.78. The monoisotopic (exact) mass is 373 g/mol. The number of methoxy groups -OCH3 is 1. The molecule has 0 unspecified atom stereocenters. The van der Waals surface area contributed by atoms with Gasteiger partial charge in [0.1, 0.15) is 6.54 Å². The van der Waals surface area contributed by atoms with Gasteiger partial charge in [0, 0.05) is 18.4 Å². The highest BCUT2D eigenvalue weighted by atomic mass is 19.4. The summed E-state index contributed by atoms with van der Waals surface area (Å²) >= 11 is 0. The zero-order valence-corrected chi connectivity index (χ0v) is 14.4. The molecule has 9 heteroatoms. The number of alkyl halides is 3. The maximum Gasteiger partial charge on any atom is 0.405 e. The van der Waals surface area contributed by atoms with E-state index in [0.29, 0.717) is 25.1 Å². The number of benzene rings is 1. The summed E-state index contributed by atoms with van der Waals surface area (Å²) in [6, 6.07) is 5.71. The molecule has 0 radical (unpaired) electrons. The van der Waals surface area contributed by atoms with E-state index < -0.39 is 24.0 Å². The SMILES string of the molecule is COCC1(C(=O)Nc2ccc(C(=O)NCC(F)(F)F)cc2)CCNCC1. The molecule has 0 bridgehead atoms. The molecule has 0 aromatic heterocycles. The second kappa shape index (κ2) is 8.50. The number of ether oxygens (including phenoxy) is 1. The Morgan fingerprint density at radius 2 is 1.81 bits per heavy atom. The van der Waals surface area contributed by atoms with Crippen molar-refractivity contribution in [2.45, 2.75) is 19.0 Å². The second-order valence-electron chi connectivity index (χ2n) is 6.29. The maximum absolute atomic E-state index is 12.7. The number of amides is 2. The minimum Gasteiger partial charge on any atom is -0.384 e. The molecule has 6 nitrogen and oxygen atoms in total. The molecule has 1 aliphatic rings. The van der Waals surface area contributed by atoms with Gasteiger partial charge in [-0.25, -0.2) is 0 Å². The van der Waals surface area contributed by atoms with Gasteiger partial charge in [0.25, 0.3) is 5.91 Å². The Balaban J connectivity index is 1.99. The molecule has 0 atom stereocenters. The van der Waals surface area contributed by atoms with Gasteiger partial charge >= 0.3 is 6.18 Å². The molecule has 2 rings (SSSR count). The zero-order valence-electron chi connectivity index (χ0n) is 14.4. The van der Waals surface area contributed by atoms with Crippen molar-refractivity contribution < 1.29 is 27.5 Å². The van der Waals surface area contributed by atoms with Crippen LogP contribution < -0.4 is 16.0 Å². The van der Waals surface area contributed by atoms with Crippen LogP contribution in [0.5, 0.6) is 0 Å². The summed E-state index contributed by atoms with van der Waals surface area (Å²) in [6.45, 7) is 0.348. The van der Waals surface area contributed by atoms with E-state index in [1.807, 2.05) is 0 Å². The van der Waals surface area contributed by atoms with Crippen LogP contribution >= 0.6 is 0 Å². The highest BCUT2D eigenvalue weighted by molar-refractivity contribution is 5.97. The summed E-state index contributed by atoms with van der Waals surface area (Å²) in [7, 11) is 1.55. The van der Waals surface area contributed by atoms with Gasteiger partial charge in [-0.15, -0.1) is 0 Å². The van der Waals surface area contributed by atoms with Gasteiger partial charge in [0.15, 0.2) is 0 Å². The van der Waals surface area contributed by atoms with Crippen LogP contribution in [-0.2, 0) is 9.53 Å². The summed E-state index contributed by atoms with van der Waals surface area (Å²) in [5, 5.41) is 7.80. The minimum absolute atomic E-state index is 0.0840. The normalized spacial score (nSPS) is 16.8. The highest BCUT2D eigenvalue weighted by Crippen LogP contribution is 2.31. The lowest BCUT2D eigenvalue weighted by Gasteiger charge is -2.35. The zero-order chi connectivity index (χ0) is 19.2. The van der Waals surface area contributed by atoms with Crippen LogP contribution in [0.1, 0.15) is 23.2 Å². The number of carbonyl (C=O) groups is 2. The molecule has 0 saturated carbocycles. The molecular weight excluding hydrogens is 351 g/mol. The molecule has 1 aliphatic heterocycles. The van der Waals surface area contributed by atoms with E-state index in [0.717, 1.165) is 13.1 Å². The van der Waals surface area contributed by atoms with Crippen molar-refractivity contribution in [2.75, 3.05) is 38.7 Å². The van der Waals surface area contributed by atoms with Crippen molar-refractivity contribution in [3.05, 3.63) is 29.8 Å². The van der Waals surface area contributed by atoms with Gasteiger partial charge < -0.3 is 20.7 Å². The number of rotatable bonds is 6. The van der Waals surface area contributed by atoms with Crippen LogP contribution in [0, 0.1) is 5.41 Å². The fourth-order valence-corrected chi connectivity index (χ4v) is 2.87. The average molecular weight is 373 g/mol. The second-order valence-corrected chi connectivity index (χ2v) is 6.29. The standard InChI is InChI=1S/C17H22F3N3O3/c1-26-11-16(6-8-21-9-7-16)15(25)23-13-4-2-12(3-5-13)14(24)22-10-17(18,19)20/h2-5,21H,6-11H2,1H3,(H,22,24)(H,23,25). The molecule has 2 amide bonds. The van der Waals surface area contributed by atoms with Crippen LogP contribution in [0.15, 0.2) is 24.3 Å². The molecule has 1 fully saturated rings. The summed E-state index contributed by atoms with van der Waals surface area (Å²) in [5.74, 6) is -0.996. The van der Waals surface area contributed by atoms with Gasteiger partial charge in [0.2, 0.25) is 5.91 Å². The Morgan fingerprint density at radius 1 is 1.19 bits per heavy atom. The van der Waals surface area contributed by atoms with Crippen molar-refractivity contribution in [3.63, 3.8) is 0 Å². The summed E-state index contributed by atoms with van der Waals surface area (Å²) in [6.07, 6.45) is -3.18. The van der Waals surface area contributed by atoms with E-state index in [-0.39, 0.29) is 11.5 Å². The summed E-state index contributed by atoms with van der Waals surface area (Å²) in [5.41, 5.74) is -0.0694. The molecule has 3 N–H and O–H groups in total. The Hall–Kier alpha value is -2.13. The Bertz CT molecular complexity index is 621. The van der Waals surface area contributed by atoms with Crippen LogP contribution in [-0.4, -0.2) is 51.3 Å². The molecule has 1 aromatic rings. The van der Waals surface area contributed by atoms with E-state index in [1.54, 1.807) is 12.4 Å². The first-order chi connectivity index (χ1) is 12.3. The lowest BCUT2D eigenvalue weighted by molar-refractivity contribution is -0.130. The minimum atomic E-state index is -4.46. The molecule has 1 heterocycles. The van der Waals surface area contributed by atoms with E-state index in [9.17, 15) is 22.8 Å². The van der Waals surface area contributed by atoms with E-state index >= 15 is 0 Å². The molecule has 1 aromatic carbocycles. The largest absolute Gasteiger partial charge is 0.405 e. The topological polar surface area (TPSA) is 79.5 Å².